The number of carbonyl (C=O) groups is 1. The number of sulfonamides is 1. The van der Waals surface area contributed by atoms with Gasteiger partial charge in [-0.1, -0.05) is 56.8 Å². The zero-order valence-corrected chi connectivity index (χ0v) is 20.8. The van der Waals surface area contributed by atoms with Crippen molar-refractivity contribution in [3.05, 3.63) is 58.6 Å². The van der Waals surface area contributed by atoms with Crippen molar-refractivity contribution >= 4 is 33.2 Å². The summed E-state index contributed by atoms with van der Waals surface area (Å²) in [5.41, 5.74) is 1.65. The van der Waals surface area contributed by atoms with E-state index in [2.05, 4.69) is 19.2 Å². The number of benzene rings is 2. The van der Waals surface area contributed by atoms with Crippen LogP contribution in [0, 0.1) is 5.92 Å². The van der Waals surface area contributed by atoms with Gasteiger partial charge in [0.15, 0.2) is 0 Å². The molecule has 0 saturated heterocycles. The summed E-state index contributed by atoms with van der Waals surface area (Å²) < 4.78 is 31.6. The quantitative estimate of drug-likeness (QED) is 0.449. The Morgan fingerprint density at radius 2 is 1.84 bits per heavy atom. The van der Waals surface area contributed by atoms with E-state index in [0.29, 0.717) is 34.5 Å². The molecular weight excluding hydrogens is 448 g/mol. The van der Waals surface area contributed by atoms with E-state index in [9.17, 15) is 13.2 Å². The Kier molecular flexibility index (Phi) is 9.84. The minimum absolute atomic E-state index is 0.0896. The molecule has 2 aromatic rings. The third kappa shape index (κ3) is 7.41. The molecule has 0 aliphatic carbocycles. The van der Waals surface area contributed by atoms with E-state index < -0.39 is 10.0 Å². The first kappa shape index (κ1) is 26.0. The van der Waals surface area contributed by atoms with Crippen molar-refractivity contribution in [2.24, 2.45) is 5.92 Å². The van der Waals surface area contributed by atoms with Gasteiger partial charge in [0.1, 0.15) is 5.75 Å². The lowest BCUT2D eigenvalue weighted by atomic mass is 9.99. The maximum Gasteiger partial charge on any atom is 0.251 e. The second kappa shape index (κ2) is 12.1. The summed E-state index contributed by atoms with van der Waals surface area (Å²) in [6.07, 6.45) is 5.60. The van der Waals surface area contributed by atoms with Crippen molar-refractivity contribution < 1.29 is 17.9 Å². The maximum atomic E-state index is 12.5. The number of rotatable bonds is 12. The molecule has 0 spiro atoms. The first-order valence-corrected chi connectivity index (χ1v) is 13.1. The maximum absolute atomic E-state index is 12.5. The predicted molar refractivity (Wildman–Crippen MR) is 131 cm³/mol. The van der Waals surface area contributed by atoms with E-state index in [0.717, 1.165) is 37.5 Å². The first-order chi connectivity index (χ1) is 15.2. The normalized spacial score (nSPS) is 12.3. The monoisotopic (exact) mass is 480 g/mol. The molecule has 0 aliphatic heterocycles. The highest BCUT2D eigenvalue weighted by Gasteiger charge is 2.22. The summed E-state index contributed by atoms with van der Waals surface area (Å²) in [4.78, 5) is 12.5. The van der Waals surface area contributed by atoms with Crippen LogP contribution in [0.4, 0.5) is 5.69 Å². The molecule has 8 heteroatoms. The standard InChI is InChI=1S/C24H33ClN2O4S/c1-5-7-8-18(6-2)16-26-24(28)20-11-9-19(10-12-20)17-27(32(4,29)30)22-15-21(25)13-14-23(22)31-3/h9-15,18H,5-8,16-17H2,1-4H3,(H,26,28)/t18-/m1/s1. The molecule has 1 amide bonds. The topological polar surface area (TPSA) is 75.7 Å². The summed E-state index contributed by atoms with van der Waals surface area (Å²) in [5.74, 6) is 0.765. The molecule has 176 valence electrons. The third-order valence-electron chi connectivity index (χ3n) is 5.45. The minimum Gasteiger partial charge on any atom is -0.495 e. The lowest BCUT2D eigenvalue weighted by molar-refractivity contribution is 0.0946. The Bertz CT molecular complexity index is 994. The lowest BCUT2D eigenvalue weighted by Gasteiger charge is -2.24. The Hall–Kier alpha value is -2.25. The van der Waals surface area contributed by atoms with Crippen molar-refractivity contribution in [3.8, 4) is 5.75 Å². The van der Waals surface area contributed by atoms with Crippen molar-refractivity contribution in [3.63, 3.8) is 0 Å². The molecule has 0 aromatic heterocycles. The largest absolute Gasteiger partial charge is 0.495 e. The zero-order valence-electron chi connectivity index (χ0n) is 19.2. The zero-order chi connectivity index (χ0) is 23.7. The number of nitrogens with zero attached hydrogens (tertiary/aromatic N) is 1. The number of hydrogen-bond acceptors (Lipinski definition) is 4. The Morgan fingerprint density at radius 1 is 1.16 bits per heavy atom. The van der Waals surface area contributed by atoms with Gasteiger partial charge in [0.05, 0.1) is 25.6 Å². The van der Waals surface area contributed by atoms with Gasteiger partial charge in [-0.25, -0.2) is 8.42 Å². The Balaban J connectivity index is 2.14. The fraction of sp³-hybridized carbons (Fsp3) is 0.458. The number of anilines is 1. The lowest BCUT2D eigenvalue weighted by Crippen LogP contribution is -2.30. The molecule has 0 radical (unpaired) electrons. The van der Waals surface area contributed by atoms with E-state index in [1.165, 1.54) is 11.4 Å². The molecule has 0 aliphatic rings. The molecule has 0 bridgehead atoms. The summed E-state index contributed by atoms with van der Waals surface area (Å²) in [6.45, 7) is 5.06. The van der Waals surface area contributed by atoms with E-state index >= 15 is 0 Å². The van der Waals surface area contributed by atoms with Gasteiger partial charge in [-0.15, -0.1) is 0 Å². The second-order valence-electron chi connectivity index (χ2n) is 7.91. The molecule has 6 nitrogen and oxygen atoms in total. The molecule has 2 aromatic carbocycles. The molecule has 1 N–H and O–H groups in total. The highest BCUT2D eigenvalue weighted by atomic mass is 35.5. The number of hydrogen-bond donors (Lipinski definition) is 1. The molecule has 0 fully saturated rings. The number of unbranched alkanes of at least 4 members (excludes halogenated alkanes) is 1. The number of methoxy groups -OCH3 is 1. The van der Waals surface area contributed by atoms with Crippen LogP contribution in [0.5, 0.6) is 5.75 Å². The number of nitrogens with one attached hydrogen (secondary N) is 1. The SMILES string of the molecule is CCCC[C@@H](CC)CNC(=O)c1ccc(CN(c2cc(Cl)ccc2OC)S(C)(=O)=O)cc1. The summed E-state index contributed by atoms with van der Waals surface area (Å²) in [6, 6.07) is 11.8. The smallest absolute Gasteiger partial charge is 0.251 e. The molecular formula is C24H33ClN2O4S. The van der Waals surface area contributed by atoms with Gasteiger partial charge in [-0.2, -0.15) is 0 Å². The van der Waals surface area contributed by atoms with Gasteiger partial charge < -0.3 is 10.1 Å². The van der Waals surface area contributed by atoms with Gasteiger partial charge in [0, 0.05) is 17.1 Å². The Morgan fingerprint density at radius 3 is 2.41 bits per heavy atom. The van der Waals surface area contributed by atoms with Crippen molar-refractivity contribution in [1.29, 1.82) is 0 Å². The summed E-state index contributed by atoms with van der Waals surface area (Å²) >= 11 is 6.10. The number of ether oxygens (including phenoxy) is 1. The van der Waals surface area contributed by atoms with Gasteiger partial charge in [-0.3, -0.25) is 9.10 Å². The van der Waals surface area contributed by atoms with Gasteiger partial charge in [0.25, 0.3) is 5.91 Å². The fourth-order valence-corrected chi connectivity index (χ4v) is 4.50. The molecule has 1 atom stereocenters. The molecule has 0 heterocycles. The van der Waals surface area contributed by atoms with Crippen LogP contribution in [0.1, 0.15) is 55.5 Å². The van der Waals surface area contributed by atoms with E-state index in [-0.39, 0.29) is 12.5 Å². The van der Waals surface area contributed by atoms with Crippen LogP contribution in [-0.2, 0) is 16.6 Å². The van der Waals surface area contributed by atoms with Crippen molar-refractivity contribution in [2.45, 2.75) is 46.1 Å². The molecule has 32 heavy (non-hydrogen) atoms. The number of amides is 1. The van der Waals surface area contributed by atoms with Crippen LogP contribution in [-0.4, -0.2) is 34.2 Å². The number of carbonyl (C=O) groups excluding carboxylic acids is 1. The van der Waals surface area contributed by atoms with Gasteiger partial charge >= 0.3 is 0 Å². The van der Waals surface area contributed by atoms with Crippen LogP contribution < -0.4 is 14.4 Å². The molecule has 0 unspecified atom stereocenters. The third-order valence-corrected chi connectivity index (χ3v) is 6.81. The van der Waals surface area contributed by atoms with Crippen LogP contribution in [0.2, 0.25) is 5.02 Å². The average molecular weight is 481 g/mol. The summed E-state index contributed by atoms with van der Waals surface area (Å²) in [7, 11) is -2.13. The van der Waals surface area contributed by atoms with Crippen LogP contribution in [0.25, 0.3) is 0 Å². The van der Waals surface area contributed by atoms with E-state index in [4.69, 9.17) is 16.3 Å². The summed E-state index contributed by atoms with van der Waals surface area (Å²) in [5, 5.41) is 3.42. The van der Waals surface area contributed by atoms with E-state index in [1.54, 1.807) is 42.5 Å². The second-order valence-corrected chi connectivity index (χ2v) is 10.3. The number of halogens is 1. The van der Waals surface area contributed by atoms with Gasteiger partial charge in [-0.05, 0) is 48.2 Å². The van der Waals surface area contributed by atoms with Crippen molar-refractivity contribution in [1.82, 2.24) is 5.32 Å². The predicted octanol–water partition coefficient (Wildman–Crippen LogP) is 5.26. The fourth-order valence-electron chi connectivity index (χ4n) is 3.45. The van der Waals surface area contributed by atoms with Crippen LogP contribution >= 0.6 is 11.6 Å². The van der Waals surface area contributed by atoms with Crippen LogP contribution in [0.15, 0.2) is 42.5 Å². The minimum atomic E-state index is -3.61. The highest BCUT2D eigenvalue weighted by Crippen LogP contribution is 2.33. The van der Waals surface area contributed by atoms with E-state index in [1.807, 2.05) is 0 Å². The first-order valence-electron chi connectivity index (χ1n) is 10.9. The average Bonchev–Trinajstić information content (AvgIpc) is 2.77. The van der Waals surface area contributed by atoms with Gasteiger partial charge in [0.2, 0.25) is 10.0 Å². The highest BCUT2D eigenvalue weighted by molar-refractivity contribution is 7.92. The Labute approximate surface area is 197 Å². The van der Waals surface area contributed by atoms with Crippen molar-refractivity contribution in [2.75, 3.05) is 24.2 Å². The molecule has 0 saturated carbocycles. The van der Waals surface area contributed by atoms with Crippen LogP contribution in [0.3, 0.4) is 0 Å². The molecule has 2 rings (SSSR count).